The highest BCUT2D eigenvalue weighted by Crippen LogP contribution is 2.22. The van der Waals surface area contributed by atoms with Crippen LogP contribution in [0.3, 0.4) is 0 Å². The Kier molecular flexibility index (Phi) is 4.81. The van der Waals surface area contributed by atoms with Gasteiger partial charge in [0.05, 0.1) is 12.4 Å². The van der Waals surface area contributed by atoms with Crippen LogP contribution in [0.1, 0.15) is 33.6 Å². The van der Waals surface area contributed by atoms with E-state index in [1.165, 1.54) is 4.90 Å². The predicted molar refractivity (Wildman–Crippen MR) is 67.9 cm³/mol. The molecule has 0 bridgehead atoms. The zero-order chi connectivity index (χ0) is 14.8. The van der Waals surface area contributed by atoms with Crippen molar-refractivity contribution >= 4 is 16.2 Å². The first-order valence-electron chi connectivity index (χ1n) is 6.04. The number of hydrogen-bond acceptors (Lipinski definition) is 6. The predicted octanol–water partition coefficient (Wildman–Crippen LogP) is 0.680. The molecule has 112 valence electrons. The molecule has 1 N–H and O–H groups in total. The van der Waals surface area contributed by atoms with Crippen molar-refractivity contribution in [2.24, 2.45) is 0 Å². The molecule has 7 nitrogen and oxygen atoms in total. The van der Waals surface area contributed by atoms with Gasteiger partial charge in [0.1, 0.15) is 11.8 Å². The summed E-state index contributed by atoms with van der Waals surface area (Å²) in [5.41, 5.74) is -0.642. The zero-order valence-corrected chi connectivity index (χ0v) is 12.4. The van der Waals surface area contributed by atoms with Gasteiger partial charge in [-0.15, -0.1) is 0 Å². The molecule has 0 aromatic rings. The summed E-state index contributed by atoms with van der Waals surface area (Å²) < 4.78 is 32.0. The summed E-state index contributed by atoms with van der Waals surface area (Å²) in [6, 6.07) is 0. The first-order valence-corrected chi connectivity index (χ1v) is 7.85. The van der Waals surface area contributed by atoms with Gasteiger partial charge >= 0.3 is 6.09 Å². The second-order valence-corrected chi connectivity index (χ2v) is 7.20. The number of carbonyl (C=O) groups is 1. The Labute approximate surface area is 113 Å². The minimum Gasteiger partial charge on any atom is -0.444 e. The smallest absolute Gasteiger partial charge is 0.412 e. The SMILES string of the molecule is CC(C)(C)OC(=O)N1CCC(OS(C)(=O)=O)CC1O. The van der Waals surface area contributed by atoms with Crippen LogP contribution in [0.4, 0.5) is 4.79 Å². The number of likely N-dealkylation sites (tertiary alicyclic amines) is 1. The van der Waals surface area contributed by atoms with E-state index in [9.17, 15) is 18.3 Å². The van der Waals surface area contributed by atoms with E-state index >= 15 is 0 Å². The van der Waals surface area contributed by atoms with Crippen LogP contribution in [0.15, 0.2) is 0 Å². The molecule has 2 atom stereocenters. The van der Waals surface area contributed by atoms with E-state index in [4.69, 9.17) is 8.92 Å². The van der Waals surface area contributed by atoms with Crippen LogP contribution >= 0.6 is 0 Å². The highest BCUT2D eigenvalue weighted by molar-refractivity contribution is 7.86. The van der Waals surface area contributed by atoms with E-state index in [-0.39, 0.29) is 13.0 Å². The molecule has 0 spiro atoms. The summed E-state index contributed by atoms with van der Waals surface area (Å²) >= 11 is 0. The highest BCUT2D eigenvalue weighted by atomic mass is 32.2. The fourth-order valence-electron chi connectivity index (χ4n) is 1.78. The molecule has 0 aromatic heterocycles. The van der Waals surface area contributed by atoms with Crippen molar-refractivity contribution in [3.8, 4) is 0 Å². The largest absolute Gasteiger partial charge is 0.444 e. The van der Waals surface area contributed by atoms with Crippen LogP contribution in [-0.4, -0.2) is 55.3 Å². The first kappa shape index (κ1) is 16.2. The van der Waals surface area contributed by atoms with Crippen molar-refractivity contribution in [1.82, 2.24) is 4.90 Å². The number of piperidine rings is 1. The van der Waals surface area contributed by atoms with Crippen molar-refractivity contribution < 1.29 is 27.2 Å². The molecule has 2 unspecified atom stereocenters. The van der Waals surface area contributed by atoms with Gasteiger partial charge in [0.25, 0.3) is 10.1 Å². The third-order valence-corrected chi connectivity index (χ3v) is 3.09. The number of hydrogen-bond donors (Lipinski definition) is 1. The molecular weight excluding hydrogens is 274 g/mol. The quantitative estimate of drug-likeness (QED) is 0.753. The Morgan fingerprint density at radius 2 is 1.95 bits per heavy atom. The maximum atomic E-state index is 11.8. The third-order valence-electron chi connectivity index (χ3n) is 2.46. The highest BCUT2D eigenvalue weighted by Gasteiger charge is 2.34. The maximum Gasteiger partial charge on any atom is 0.412 e. The van der Waals surface area contributed by atoms with E-state index < -0.39 is 34.1 Å². The summed E-state index contributed by atoms with van der Waals surface area (Å²) in [5, 5.41) is 9.85. The molecule has 19 heavy (non-hydrogen) atoms. The number of nitrogens with zero attached hydrogens (tertiary/aromatic N) is 1. The van der Waals surface area contributed by atoms with E-state index in [0.717, 1.165) is 6.26 Å². The van der Waals surface area contributed by atoms with Gasteiger partial charge in [-0.3, -0.25) is 9.08 Å². The van der Waals surface area contributed by atoms with Crippen LogP contribution in [0.5, 0.6) is 0 Å². The Hall–Kier alpha value is -0.860. The van der Waals surface area contributed by atoms with Gasteiger partial charge in [0.15, 0.2) is 0 Å². The van der Waals surface area contributed by atoms with Gasteiger partial charge in [-0.25, -0.2) is 4.79 Å². The zero-order valence-electron chi connectivity index (χ0n) is 11.6. The number of carbonyl (C=O) groups excluding carboxylic acids is 1. The minimum absolute atomic E-state index is 0.0479. The fraction of sp³-hybridized carbons (Fsp3) is 0.909. The van der Waals surface area contributed by atoms with Gasteiger partial charge in [0.2, 0.25) is 0 Å². The molecule has 0 aromatic carbocycles. The van der Waals surface area contributed by atoms with Crippen molar-refractivity contribution in [2.75, 3.05) is 12.8 Å². The van der Waals surface area contributed by atoms with E-state index in [0.29, 0.717) is 6.42 Å². The molecule has 1 rings (SSSR count). The molecule has 1 saturated heterocycles. The van der Waals surface area contributed by atoms with Crippen LogP contribution in [0, 0.1) is 0 Å². The molecule has 1 amide bonds. The summed E-state index contributed by atoms with van der Waals surface area (Å²) in [6.07, 6.45) is -0.980. The van der Waals surface area contributed by atoms with E-state index in [2.05, 4.69) is 0 Å². The number of ether oxygens (including phenoxy) is 1. The number of rotatable bonds is 2. The average Bonchev–Trinajstić information content (AvgIpc) is 2.11. The molecule has 1 aliphatic heterocycles. The third kappa shape index (κ3) is 5.75. The van der Waals surface area contributed by atoms with E-state index in [1.54, 1.807) is 20.8 Å². The van der Waals surface area contributed by atoms with E-state index in [1.807, 2.05) is 0 Å². The van der Waals surface area contributed by atoms with Crippen LogP contribution < -0.4 is 0 Å². The first-order chi connectivity index (χ1) is 8.48. The minimum atomic E-state index is -3.56. The molecule has 0 saturated carbocycles. The lowest BCUT2D eigenvalue weighted by Gasteiger charge is -2.36. The molecule has 8 heteroatoms. The van der Waals surface area contributed by atoms with Crippen molar-refractivity contribution in [3.63, 3.8) is 0 Å². The molecule has 0 radical (unpaired) electrons. The molecule has 1 aliphatic rings. The lowest BCUT2D eigenvalue weighted by atomic mass is 10.1. The monoisotopic (exact) mass is 295 g/mol. The van der Waals surface area contributed by atoms with Gasteiger partial charge in [-0.05, 0) is 27.2 Å². The number of aliphatic hydroxyl groups is 1. The van der Waals surface area contributed by atoms with Crippen molar-refractivity contribution in [1.29, 1.82) is 0 Å². The Bertz CT molecular complexity index is 427. The average molecular weight is 295 g/mol. The summed E-state index contributed by atoms with van der Waals surface area (Å²) in [5.74, 6) is 0. The van der Waals surface area contributed by atoms with Gasteiger partial charge in [-0.1, -0.05) is 0 Å². The Balaban J connectivity index is 2.57. The normalized spacial score (nSPS) is 25.2. The van der Waals surface area contributed by atoms with Gasteiger partial charge in [-0.2, -0.15) is 8.42 Å². The molecule has 0 aliphatic carbocycles. The molecule has 1 fully saturated rings. The van der Waals surface area contributed by atoms with Gasteiger partial charge < -0.3 is 9.84 Å². The maximum absolute atomic E-state index is 11.8. The summed E-state index contributed by atoms with van der Waals surface area (Å²) in [7, 11) is -3.56. The second-order valence-electron chi connectivity index (χ2n) is 5.60. The van der Waals surface area contributed by atoms with Crippen LogP contribution in [0.25, 0.3) is 0 Å². The lowest BCUT2D eigenvalue weighted by molar-refractivity contribution is -0.0670. The fourth-order valence-corrected chi connectivity index (χ4v) is 2.45. The topological polar surface area (TPSA) is 93.1 Å². The Morgan fingerprint density at radius 3 is 2.37 bits per heavy atom. The summed E-state index contributed by atoms with van der Waals surface area (Å²) in [4.78, 5) is 13.0. The van der Waals surface area contributed by atoms with Crippen molar-refractivity contribution in [2.45, 2.75) is 51.5 Å². The number of amides is 1. The van der Waals surface area contributed by atoms with Crippen LogP contribution in [-0.2, 0) is 19.0 Å². The standard InChI is InChI=1S/C11H21NO6S/c1-11(2,3)17-10(14)12-6-5-8(7-9(12)13)18-19(4,15)16/h8-9,13H,5-7H2,1-4H3. The molecular formula is C11H21NO6S. The lowest BCUT2D eigenvalue weighted by Crippen LogP contribution is -2.49. The second kappa shape index (κ2) is 5.64. The van der Waals surface area contributed by atoms with Crippen molar-refractivity contribution in [3.05, 3.63) is 0 Å². The Morgan fingerprint density at radius 1 is 1.37 bits per heavy atom. The number of aliphatic hydroxyl groups excluding tert-OH is 1. The summed E-state index contributed by atoms with van der Waals surface area (Å²) in [6.45, 7) is 5.39. The van der Waals surface area contributed by atoms with Gasteiger partial charge in [0, 0.05) is 13.0 Å². The van der Waals surface area contributed by atoms with Crippen LogP contribution in [0.2, 0.25) is 0 Å². The molecule has 1 heterocycles.